The predicted molar refractivity (Wildman–Crippen MR) is 73.7 cm³/mol. The topological polar surface area (TPSA) is 116 Å². The van der Waals surface area contributed by atoms with Crippen LogP contribution in [0.25, 0.3) is 0 Å². The zero-order valence-electron chi connectivity index (χ0n) is 10.7. The molecule has 0 saturated heterocycles. The maximum absolute atomic E-state index is 11.7. The van der Waals surface area contributed by atoms with Crippen LogP contribution in [0.5, 0.6) is 0 Å². The molecule has 0 atom stereocenters. The number of nitrogens with zero attached hydrogens (tertiary/aromatic N) is 1. The highest BCUT2D eigenvalue weighted by molar-refractivity contribution is 7.94. The Morgan fingerprint density at radius 1 is 1.47 bits per heavy atom. The van der Waals surface area contributed by atoms with Crippen LogP contribution in [0.3, 0.4) is 0 Å². The second-order valence-corrected chi connectivity index (χ2v) is 5.88. The van der Waals surface area contributed by atoms with E-state index in [1.165, 1.54) is 6.08 Å². The van der Waals surface area contributed by atoms with Crippen LogP contribution in [0.15, 0.2) is 45.0 Å². The Morgan fingerprint density at radius 2 is 2.11 bits per heavy atom. The lowest BCUT2D eigenvalue weighted by molar-refractivity contribution is -0.114. The smallest absolute Gasteiger partial charge is 0.279 e. The van der Waals surface area contributed by atoms with Crippen molar-refractivity contribution < 1.29 is 13.2 Å². The van der Waals surface area contributed by atoms with Gasteiger partial charge in [-0.25, -0.2) is 8.42 Å². The standard InChI is InChI=1S/C12H15N3O3S/c1-3-4-8-5-6-9(11(16)15-12(13)14)7-10(8)19(2,17)18/h3,6-7H,5H2,1-2H3,(H4,13,14,15,16). The summed E-state index contributed by atoms with van der Waals surface area (Å²) in [5.74, 6) is -1.03. The van der Waals surface area contributed by atoms with Gasteiger partial charge in [0.2, 0.25) is 0 Å². The molecule has 1 aliphatic rings. The fourth-order valence-corrected chi connectivity index (χ4v) is 2.50. The van der Waals surface area contributed by atoms with Gasteiger partial charge in [0, 0.05) is 23.8 Å². The first-order valence-corrected chi connectivity index (χ1v) is 7.31. The number of rotatable bonds is 2. The van der Waals surface area contributed by atoms with Crippen molar-refractivity contribution in [3.8, 4) is 0 Å². The minimum Gasteiger partial charge on any atom is -0.370 e. The van der Waals surface area contributed by atoms with E-state index in [1.807, 2.05) is 0 Å². The molecule has 0 aromatic rings. The van der Waals surface area contributed by atoms with Gasteiger partial charge >= 0.3 is 0 Å². The number of hydrogen-bond acceptors (Lipinski definition) is 3. The van der Waals surface area contributed by atoms with Gasteiger partial charge in [-0.2, -0.15) is 4.99 Å². The van der Waals surface area contributed by atoms with Crippen LogP contribution < -0.4 is 11.5 Å². The second kappa shape index (κ2) is 5.69. The zero-order valence-corrected chi connectivity index (χ0v) is 11.5. The van der Waals surface area contributed by atoms with E-state index in [0.29, 0.717) is 5.57 Å². The van der Waals surface area contributed by atoms with E-state index in [4.69, 9.17) is 11.5 Å². The normalized spacial score (nSPS) is 14.9. The first kappa shape index (κ1) is 14.9. The van der Waals surface area contributed by atoms with Gasteiger partial charge in [-0.1, -0.05) is 6.08 Å². The highest BCUT2D eigenvalue weighted by Crippen LogP contribution is 2.26. The Balaban J connectivity index is 3.32. The summed E-state index contributed by atoms with van der Waals surface area (Å²) in [5.41, 5.74) is 13.7. The molecular weight excluding hydrogens is 266 g/mol. The number of sulfone groups is 1. The van der Waals surface area contributed by atoms with Crippen LogP contribution in [0, 0.1) is 0 Å². The lowest BCUT2D eigenvalue weighted by Crippen LogP contribution is -2.24. The molecule has 0 fully saturated rings. The monoisotopic (exact) mass is 281 g/mol. The molecule has 0 unspecified atom stereocenters. The van der Waals surface area contributed by atoms with Gasteiger partial charge in [-0.3, -0.25) is 4.79 Å². The van der Waals surface area contributed by atoms with Crippen molar-refractivity contribution in [2.45, 2.75) is 13.3 Å². The minimum atomic E-state index is -3.45. The fourth-order valence-electron chi connectivity index (χ4n) is 1.57. The maximum atomic E-state index is 11.7. The molecule has 19 heavy (non-hydrogen) atoms. The molecule has 6 nitrogen and oxygen atoms in total. The third-order valence-electron chi connectivity index (χ3n) is 2.31. The number of nitrogens with two attached hydrogens (primary N) is 2. The summed E-state index contributed by atoms with van der Waals surface area (Å²) in [4.78, 5) is 15.1. The van der Waals surface area contributed by atoms with Crippen molar-refractivity contribution in [1.29, 1.82) is 0 Å². The van der Waals surface area contributed by atoms with Crippen molar-refractivity contribution in [3.05, 3.63) is 40.0 Å². The number of amides is 1. The molecule has 0 spiro atoms. The van der Waals surface area contributed by atoms with E-state index in [0.717, 1.165) is 6.26 Å². The summed E-state index contributed by atoms with van der Waals surface area (Å²) in [7, 11) is -3.45. The van der Waals surface area contributed by atoms with Gasteiger partial charge in [0.25, 0.3) is 5.91 Å². The Kier molecular flexibility index (Phi) is 4.47. The van der Waals surface area contributed by atoms with Gasteiger partial charge in [-0.15, -0.1) is 5.73 Å². The Hall–Kier alpha value is -2.11. The lowest BCUT2D eigenvalue weighted by atomic mass is 10.0. The van der Waals surface area contributed by atoms with Gasteiger partial charge < -0.3 is 11.5 Å². The quantitative estimate of drug-likeness (QED) is 0.424. The Labute approximate surface area is 111 Å². The van der Waals surface area contributed by atoms with Crippen molar-refractivity contribution in [2.75, 3.05) is 6.26 Å². The van der Waals surface area contributed by atoms with E-state index < -0.39 is 15.7 Å². The van der Waals surface area contributed by atoms with E-state index in [9.17, 15) is 13.2 Å². The molecule has 102 valence electrons. The summed E-state index contributed by atoms with van der Waals surface area (Å²) in [6, 6.07) is 0. The SMILES string of the molecule is CC=C=C1CC=C(C(=O)N=C(N)N)C=C1S(C)(=O)=O. The van der Waals surface area contributed by atoms with Crippen molar-refractivity contribution >= 4 is 21.7 Å². The second-order valence-electron chi connectivity index (χ2n) is 3.90. The zero-order chi connectivity index (χ0) is 14.6. The molecule has 1 amide bonds. The van der Waals surface area contributed by atoms with Crippen LogP contribution in [0.1, 0.15) is 13.3 Å². The molecular formula is C12H15N3O3S. The van der Waals surface area contributed by atoms with Gasteiger partial charge in [-0.05, 0) is 19.1 Å². The predicted octanol–water partition coefficient (Wildman–Crippen LogP) is 0.146. The third-order valence-corrected chi connectivity index (χ3v) is 3.47. The largest absolute Gasteiger partial charge is 0.370 e. The van der Waals surface area contributed by atoms with Crippen LogP contribution in [0.2, 0.25) is 0 Å². The van der Waals surface area contributed by atoms with Crippen molar-refractivity contribution in [1.82, 2.24) is 0 Å². The maximum Gasteiger partial charge on any atom is 0.279 e. The number of aliphatic imine (C=N–C) groups is 1. The summed E-state index contributed by atoms with van der Waals surface area (Å²) in [6.07, 6.45) is 5.80. The van der Waals surface area contributed by atoms with Crippen molar-refractivity contribution in [2.24, 2.45) is 16.5 Å². The van der Waals surface area contributed by atoms with E-state index in [2.05, 4.69) is 10.7 Å². The van der Waals surface area contributed by atoms with Crippen LogP contribution in [-0.2, 0) is 14.6 Å². The summed E-state index contributed by atoms with van der Waals surface area (Å²) < 4.78 is 23.4. The number of carbonyl (C=O) groups is 1. The van der Waals surface area contributed by atoms with E-state index in [-0.39, 0.29) is 22.9 Å². The van der Waals surface area contributed by atoms with Crippen LogP contribution >= 0.6 is 0 Å². The molecule has 0 aromatic carbocycles. The summed E-state index contributed by atoms with van der Waals surface area (Å²) in [6.45, 7) is 1.73. The molecule has 7 heteroatoms. The van der Waals surface area contributed by atoms with E-state index >= 15 is 0 Å². The van der Waals surface area contributed by atoms with Gasteiger partial charge in [0.1, 0.15) is 0 Å². The highest BCUT2D eigenvalue weighted by atomic mass is 32.2. The summed E-state index contributed by atoms with van der Waals surface area (Å²) >= 11 is 0. The molecule has 0 aromatic heterocycles. The number of guanidine groups is 1. The average molecular weight is 281 g/mol. The minimum absolute atomic E-state index is 0.0576. The van der Waals surface area contributed by atoms with Gasteiger partial charge in [0.05, 0.1) is 4.91 Å². The Morgan fingerprint density at radius 3 is 2.58 bits per heavy atom. The molecule has 1 rings (SSSR count). The number of carbonyl (C=O) groups excluding carboxylic acids is 1. The van der Waals surface area contributed by atoms with Crippen molar-refractivity contribution in [3.63, 3.8) is 0 Å². The molecule has 0 bridgehead atoms. The number of allylic oxidation sites excluding steroid dienone is 2. The summed E-state index contributed by atoms with van der Waals surface area (Å²) in [5, 5.41) is 0. The number of hydrogen-bond donors (Lipinski definition) is 2. The lowest BCUT2D eigenvalue weighted by Gasteiger charge is -2.12. The molecule has 0 saturated carbocycles. The van der Waals surface area contributed by atoms with Gasteiger partial charge in [0.15, 0.2) is 15.8 Å². The van der Waals surface area contributed by atoms with Crippen LogP contribution in [-0.4, -0.2) is 26.5 Å². The molecule has 0 heterocycles. The average Bonchev–Trinajstić information content (AvgIpc) is 2.27. The van der Waals surface area contributed by atoms with Crippen LogP contribution in [0.4, 0.5) is 0 Å². The molecule has 0 radical (unpaired) electrons. The third kappa shape index (κ3) is 3.94. The molecule has 0 aliphatic heterocycles. The molecule has 4 N–H and O–H groups in total. The fraction of sp³-hybridized carbons (Fsp3) is 0.250. The Bertz CT molecular complexity index is 656. The first-order chi connectivity index (χ1) is 8.75. The highest BCUT2D eigenvalue weighted by Gasteiger charge is 2.22. The van der Waals surface area contributed by atoms with E-state index in [1.54, 1.807) is 19.1 Å². The molecule has 1 aliphatic carbocycles. The first-order valence-electron chi connectivity index (χ1n) is 5.42.